The van der Waals surface area contributed by atoms with Crippen molar-refractivity contribution in [1.29, 1.82) is 5.26 Å². The maximum atomic E-state index is 8.70. The van der Waals surface area contributed by atoms with Crippen LogP contribution in [0.25, 0.3) is 0 Å². The van der Waals surface area contributed by atoms with E-state index in [1.54, 1.807) is 23.6 Å². The second-order valence-corrected chi connectivity index (χ2v) is 4.13. The molecule has 0 saturated carbocycles. The summed E-state index contributed by atoms with van der Waals surface area (Å²) in [6.45, 7) is 0.867. The van der Waals surface area contributed by atoms with Gasteiger partial charge in [0, 0.05) is 18.4 Å². The molecule has 2 heterocycles. The Kier molecular flexibility index (Phi) is 3.52. The van der Waals surface area contributed by atoms with E-state index in [2.05, 4.69) is 27.1 Å². The molecule has 2 rings (SSSR count). The van der Waals surface area contributed by atoms with E-state index in [4.69, 9.17) is 5.26 Å². The first-order valence-electron chi connectivity index (χ1n) is 4.99. The van der Waals surface area contributed by atoms with Crippen LogP contribution in [0.3, 0.4) is 0 Å². The molecule has 80 valence electrons. The summed E-state index contributed by atoms with van der Waals surface area (Å²) in [5, 5.41) is 16.2. The fourth-order valence-corrected chi connectivity index (χ4v) is 2.09. The Balaban J connectivity index is 1.88. The van der Waals surface area contributed by atoms with Gasteiger partial charge in [0.05, 0.1) is 0 Å². The number of nitrogens with zero attached hydrogens (tertiary/aromatic N) is 2. The Morgan fingerprint density at radius 2 is 2.38 bits per heavy atom. The van der Waals surface area contributed by atoms with E-state index in [1.165, 1.54) is 5.56 Å². The minimum atomic E-state index is 0.445. The van der Waals surface area contributed by atoms with Gasteiger partial charge in [-0.15, -0.1) is 0 Å². The van der Waals surface area contributed by atoms with Crippen molar-refractivity contribution in [2.24, 2.45) is 0 Å². The molecule has 0 aliphatic heterocycles. The molecular formula is C12H11N3S. The van der Waals surface area contributed by atoms with Gasteiger partial charge in [-0.3, -0.25) is 0 Å². The maximum absolute atomic E-state index is 8.70. The predicted molar refractivity (Wildman–Crippen MR) is 65.5 cm³/mol. The van der Waals surface area contributed by atoms with E-state index in [1.807, 2.05) is 12.1 Å². The lowest BCUT2D eigenvalue weighted by atomic mass is 10.2. The van der Waals surface area contributed by atoms with Gasteiger partial charge in [0.1, 0.15) is 11.8 Å². The van der Waals surface area contributed by atoms with Crippen molar-refractivity contribution in [2.75, 3.05) is 11.9 Å². The third-order valence-electron chi connectivity index (χ3n) is 2.20. The summed E-state index contributed by atoms with van der Waals surface area (Å²) in [6, 6.07) is 7.77. The van der Waals surface area contributed by atoms with Crippen LogP contribution in [0.2, 0.25) is 0 Å². The van der Waals surface area contributed by atoms with Crippen LogP contribution in [0.15, 0.2) is 35.2 Å². The first-order valence-corrected chi connectivity index (χ1v) is 5.94. The number of nitrogens with one attached hydrogen (secondary N) is 1. The second kappa shape index (κ2) is 5.29. The number of hydrogen-bond acceptors (Lipinski definition) is 4. The normalized spacial score (nSPS) is 9.69. The molecule has 0 aliphatic rings. The predicted octanol–water partition coefficient (Wildman–Crippen LogP) is 2.67. The zero-order chi connectivity index (χ0) is 11.2. The molecule has 0 amide bonds. The van der Waals surface area contributed by atoms with E-state index in [0.717, 1.165) is 18.7 Å². The van der Waals surface area contributed by atoms with E-state index in [-0.39, 0.29) is 0 Å². The zero-order valence-electron chi connectivity index (χ0n) is 8.68. The number of nitriles is 1. The van der Waals surface area contributed by atoms with Crippen molar-refractivity contribution in [3.63, 3.8) is 0 Å². The highest BCUT2D eigenvalue weighted by Gasteiger charge is 1.96. The van der Waals surface area contributed by atoms with Crippen molar-refractivity contribution in [3.05, 3.63) is 46.4 Å². The van der Waals surface area contributed by atoms with Crippen molar-refractivity contribution in [1.82, 2.24) is 4.98 Å². The van der Waals surface area contributed by atoms with Crippen LogP contribution in [0, 0.1) is 11.3 Å². The van der Waals surface area contributed by atoms with E-state index in [9.17, 15) is 0 Å². The summed E-state index contributed by atoms with van der Waals surface area (Å²) in [7, 11) is 0. The molecule has 0 aliphatic carbocycles. The van der Waals surface area contributed by atoms with Gasteiger partial charge < -0.3 is 5.32 Å². The molecular weight excluding hydrogens is 218 g/mol. The fraction of sp³-hybridized carbons (Fsp3) is 0.167. The molecule has 4 heteroatoms. The van der Waals surface area contributed by atoms with Gasteiger partial charge in [-0.2, -0.15) is 16.6 Å². The van der Waals surface area contributed by atoms with Crippen LogP contribution in [-0.4, -0.2) is 11.5 Å². The molecule has 0 unspecified atom stereocenters. The molecule has 0 bridgehead atoms. The number of aromatic nitrogens is 1. The number of pyridine rings is 1. The van der Waals surface area contributed by atoms with Gasteiger partial charge in [0.2, 0.25) is 0 Å². The maximum Gasteiger partial charge on any atom is 0.142 e. The van der Waals surface area contributed by atoms with E-state index < -0.39 is 0 Å². The Bertz CT molecular complexity index is 485. The quantitative estimate of drug-likeness (QED) is 0.876. The monoisotopic (exact) mass is 229 g/mol. The van der Waals surface area contributed by atoms with Crippen LogP contribution >= 0.6 is 11.3 Å². The molecule has 0 radical (unpaired) electrons. The lowest BCUT2D eigenvalue weighted by Gasteiger charge is -2.04. The third kappa shape index (κ3) is 2.81. The molecule has 16 heavy (non-hydrogen) atoms. The average molecular weight is 229 g/mol. The highest BCUT2D eigenvalue weighted by molar-refractivity contribution is 7.07. The summed E-state index contributed by atoms with van der Waals surface area (Å²) in [4.78, 5) is 3.92. The fourth-order valence-electron chi connectivity index (χ4n) is 1.39. The molecule has 0 spiro atoms. The van der Waals surface area contributed by atoms with Gasteiger partial charge in [-0.25, -0.2) is 4.98 Å². The lowest BCUT2D eigenvalue weighted by molar-refractivity contribution is 1.02. The molecule has 2 aromatic rings. The molecule has 0 atom stereocenters. The summed E-state index contributed by atoms with van der Waals surface area (Å²) in [5.74, 6) is 0. The summed E-state index contributed by atoms with van der Waals surface area (Å²) < 4.78 is 0. The first-order chi connectivity index (χ1) is 7.88. The van der Waals surface area contributed by atoms with Gasteiger partial charge >= 0.3 is 0 Å². The van der Waals surface area contributed by atoms with Gasteiger partial charge in [-0.05, 0) is 40.9 Å². The summed E-state index contributed by atoms with van der Waals surface area (Å²) in [5.41, 5.74) is 2.73. The number of rotatable bonds is 4. The summed E-state index contributed by atoms with van der Waals surface area (Å²) >= 11 is 1.71. The van der Waals surface area contributed by atoms with E-state index >= 15 is 0 Å². The average Bonchev–Trinajstić information content (AvgIpc) is 2.82. The highest BCUT2D eigenvalue weighted by Crippen LogP contribution is 2.09. The van der Waals surface area contributed by atoms with Crippen molar-refractivity contribution in [3.8, 4) is 6.07 Å². The third-order valence-corrected chi connectivity index (χ3v) is 2.93. The molecule has 0 fully saturated rings. The van der Waals surface area contributed by atoms with Crippen LogP contribution in [-0.2, 0) is 6.42 Å². The first kappa shape index (κ1) is 10.7. The van der Waals surface area contributed by atoms with Crippen molar-refractivity contribution < 1.29 is 0 Å². The molecule has 1 N–H and O–H groups in total. The zero-order valence-corrected chi connectivity index (χ0v) is 9.50. The standard InChI is InChI=1S/C12H11N3S/c13-8-12-7-11(2-5-15-12)14-4-1-10-3-6-16-9-10/h2-3,5-7,9H,1,4H2,(H,14,15). The second-order valence-electron chi connectivity index (χ2n) is 3.35. The molecule has 0 saturated heterocycles. The molecule has 2 aromatic heterocycles. The van der Waals surface area contributed by atoms with Crippen molar-refractivity contribution >= 4 is 17.0 Å². The lowest BCUT2D eigenvalue weighted by Crippen LogP contribution is -2.04. The Morgan fingerprint density at radius 1 is 1.44 bits per heavy atom. The smallest absolute Gasteiger partial charge is 0.142 e. The SMILES string of the molecule is N#Cc1cc(NCCc2ccsc2)ccn1. The minimum absolute atomic E-state index is 0.445. The van der Waals surface area contributed by atoms with Crippen LogP contribution in [0.5, 0.6) is 0 Å². The van der Waals surface area contributed by atoms with Crippen LogP contribution < -0.4 is 5.32 Å². The Hall–Kier alpha value is -1.86. The van der Waals surface area contributed by atoms with Crippen molar-refractivity contribution in [2.45, 2.75) is 6.42 Å². The number of anilines is 1. The largest absolute Gasteiger partial charge is 0.385 e. The van der Waals surface area contributed by atoms with Gasteiger partial charge in [-0.1, -0.05) is 0 Å². The number of hydrogen-bond donors (Lipinski definition) is 1. The molecule has 0 aromatic carbocycles. The Labute approximate surface area is 98.4 Å². The van der Waals surface area contributed by atoms with E-state index in [0.29, 0.717) is 5.69 Å². The summed E-state index contributed by atoms with van der Waals surface area (Å²) in [6.07, 6.45) is 2.64. The topological polar surface area (TPSA) is 48.7 Å². The van der Waals surface area contributed by atoms with Gasteiger partial charge in [0.25, 0.3) is 0 Å². The Morgan fingerprint density at radius 3 is 3.12 bits per heavy atom. The van der Waals surface area contributed by atoms with Crippen LogP contribution in [0.4, 0.5) is 5.69 Å². The number of thiophene rings is 1. The van der Waals surface area contributed by atoms with Crippen LogP contribution in [0.1, 0.15) is 11.3 Å². The molecule has 3 nitrogen and oxygen atoms in total. The van der Waals surface area contributed by atoms with Gasteiger partial charge in [0.15, 0.2) is 0 Å². The highest BCUT2D eigenvalue weighted by atomic mass is 32.1. The minimum Gasteiger partial charge on any atom is -0.385 e.